The highest BCUT2D eigenvalue weighted by atomic mass is 14.2. The van der Waals surface area contributed by atoms with E-state index in [4.69, 9.17) is 0 Å². The maximum absolute atomic E-state index is 2.39. The summed E-state index contributed by atoms with van der Waals surface area (Å²) >= 11 is 0. The summed E-state index contributed by atoms with van der Waals surface area (Å²) in [6.07, 6.45) is 3.76. The summed E-state index contributed by atoms with van der Waals surface area (Å²) in [5.41, 5.74) is 5.95. The molecule has 0 atom stereocenters. The molecule has 0 heteroatoms. The van der Waals surface area contributed by atoms with Crippen LogP contribution in [-0.4, -0.2) is 0 Å². The van der Waals surface area contributed by atoms with Crippen molar-refractivity contribution >= 4 is 10.8 Å². The maximum Gasteiger partial charge on any atom is -0.00706 e. The van der Waals surface area contributed by atoms with E-state index in [1.165, 1.54) is 41.2 Å². The average Bonchev–Trinajstić information content (AvgIpc) is 2.93. The van der Waals surface area contributed by atoms with Crippen molar-refractivity contribution < 1.29 is 0 Å². The lowest BCUT2D eigenvalue weighted by atomic mass is 9.91. The third kappa shape index (κ3) is 1.67. The van der Waals surface area contributed by atoms with Crippen LogP contribution in [0.3, 0.4) is 0 Å². The number of aryl methyl sites for hydroxylation is 1. The molecular weight excluding hydrogens is 228 g/mol. The molecule has 92 valence electrons. The molecular formula is C19H16. The fraction of sp³-hybridized carbons (Fsp3) is 0.158. The van der Waals surface area contributed by atoms with Crippen LogP contribution < -0.4 is 0 Å². The smallest absolute Gasteiger partial charge is 0.00706 e. The van der Waals surface area contributed by atoms with Gasteiger partial charge >= 0.3 is 0 Å². The fourth-order valence-electron chi connectivity index (χ4n) is 3.35. The lowest BCUT2D eigenvalue weighted by Gasteiger charge is -2.13. The minimum Gasteiger partial charge on any atom is -0.0622 e. The summed E-state index contributed by atoms with van der Waals surface area (Å²) in [7, 11) is 0. The molecule has 0 fully saturated rings. The Hall–Kier alpha value is -2.08. The summed E-state index contributed by atoms with van der Waals surface area (Å²) in [6, 6.07) is 22.0. The number of benzene rings is 3. The lowest BCUT2D eigenvalue weighted by Crippen LogP contribution is -1.91. The van der Waals surface area contributed by atoms with E-state index < -0.39 is 0 Å². The average molecular weight is 244 g/mol. The van der Waals surface area contributed by atoms with Crippen LogP contribution in [0.1, 0.15) is 17.5 Å². The summed E-state index contributed by atoms with van der Waals surface area (Å²) in [5, 5.41) is 2.77. The van der Waals surface area contributed by atoms with Crippen molar-refractivity contribution in [3.05, 3.63) is 71.8 Å². The topological polar surface area (TPSA) is 0 Å². The first-order valence-electron chi connectivity index (χ1n) is 7.02. The molecule has 0 amide bonds. The summed E-state index contributed by atoms with van der Waals surface area (Å²) in [6.45, 7) is 0. The molecule has 3 aromatic rings. The van der Waals surface area contributed by atoms with Gasteiger partial charge in [-0.2, -0.15) is 0 Å². The zero-order valence-corrected chi connectivity index (χ0v) is 10.9. The predicted molar refractivity (Wildman–Crippen MR) is 81.4 cm³/mol. The Morgan fingerprint density at radius 1 is 0.737 bits per heavy atom. The van der Waals surface area contributed by atoms with Gasteiger partial charge < -0.3 is 0 Å². The molecule has 0 saturated carbocycles. The Balaban J connectivity index is 2.13. The zero-order valence-electron chi connectivity index (χ0n) is 10.9. The van der Waals surface area contributed by atoms with E-state index in [0.717, 1.165) is 0 Å². The largest absolute Gasteiger partial charge is 0.0622 e. The molecule has 3 aromatic carbocycles. The quantitative estimate of drug-likeness (QED) is 0.565. The first kappa shape index (κ1) is 10.8. The van der Waals surface area contributed by atoms with Crippen molar-refractivity contribution in [1.29, 1.82) is 0 Å². The number of fused-ring (bicyclic) bond motifs is 2. The van der Waals surface area contributed by atoms with Crippen LogP contribution in [0.2, 0.25) is 0 Å². The molecule has 0 heterocycles. The summed E-state index contributed by atoms with van der Waals surface area (Å²) in [5.74, 6) is 0. The van der Waals surface area contributed by atoms with E-state index in [-0.39, 0.29) is 0 Å². The van der Waals surface area contributed by atoms with Crippen molar-refractivity contribution in [2.75, 3.05) is 0 Å². The van der Waals surface area contributed by atoms with Crippen LogP contribution in [0.25, 0.3) is 21.9 Å². The maximum atomic E-state index is 2.39. The van der Waals surface area contributed by atoms with Gasteiger partial charge in [0.1, 0.15) is 0 Å². The van der Waals surface area contributed by atoms with E-state index in [1.807, 2.05) is 0 Å². The number of hydrogen-bond acceptors (Lipinski definition) is 0. The molecule has 1 aliphatic carbocycles. The SMILES string of the molecule is c1ccc(-c2c3c(cc4ccccc24)CCC3)cc1. The Morgan fingerprint density at radius 3 is 2.42 bits per heavy atom. The molecule has 0 unspecified atom stereocenters. The molecule has 19 heavy (non-hydrogen) atoms. The molecule has 0 radical (unpaired) electrons. The predicted octanol–water partition coefficient (Wildman–Crippen LogP) is 5.00. The van der Waals surface area contributed by atoms with E-state index >= 15 is 0 Å². The fourth-order valence-corrected chi connectivity index (χ4v) is 3.35. The highest BCUT2D eigenvalue weighted by molar-refractivity contribution is 5.99. The number of rotatable bonds is 1. The Labute approximate surface area is 113 Å². The first-order chi connectivity index (χ1) is 9.43. The van der Waals surface area contributed by atoms with E-state index in [1.54, 1.807) is 11.1 Å². The van der Waals surface area contributed by atoms with E-state index in [9.17, 15) is 0 Å². The van der Waals surface area contributed by atoms with Gasteiger partial charge in [-0.15, -0.1) is 0 Å². The molecule has 0 saturated heterocycles. The molecule has 1 aliphatic rings. The van der Waals surface area contributed by atoms with Gasteiger partial charge in [0, 0.05) is 0 Å². The number of hydrogen-bond donors (Lipinski definition) is 0. The molecule has 0 aliphatic heterocycles. The second-order valence-corrected chi connectivity index (χ2v) is 5.33. The van der Waals surface area contributed by atoms with Crippen molar-refractivity contribution in [3.8, 4) is 11.1 Å². The van der Waals surface area contributed by atoms with Gasteiger partial charge in [0.25, 0.3) is 0 Å². The Kier molecular flexibility index (Phi) is 2.41. The van der Waals surface area contributed by atoms with Gasteiger partial charge in [-0.3, -0.25) is 0 Å². The van der Waals surface area contributed by atoms with Crippen LogP contribution in [0.5, 0.6) is 0 Å². The highest BCUT2D eigenvalue weighted by Crippen LogP contribution is 2.38. The molecule has 0 spiro atoms. The van der Waals surface area contributed by atoms with E-state index in [2.05, 4.69) is 60.7 Å². The molecule has 0 N–H and O–H groups in total. The van der Waals surface area contributed by atoms with Crippen molar-refractivity contribution in [3.63, 3.8) is 0 Å². The standard InChI is InChI=1S/C19H16/c1-2-7-14(8-3-1)19-17-11-5-4-9-15(17)13-16-10-6-12-18(16)19/h1-5,7-9,11,13H,6,10,12H2. The summed E-state index contributed by atoms with van der Waals surface area (Å²) in [4.78, 5) is 0. The van der Waals surface area contributed by atoms with Crippen LogP contribution >= 0.6 is 0 Å². The van der Waals surface area contributed by atoms with Crippen molar-refractivity contribution in [2.45, 2.75) is 19.3 Å². The zero-order chi connectivity index (χ0) is 12.7. The second-order valence-electron chi connectivity index (χ2n) is 5.33. The summed E-state index contributed by atoms with van der Waals surface area (Å²) < 4.78 is 0. The van der Waals surface area contributed by atoms with E-state index in [0.29, 0.717) is 0 Å². The monoisotopic (exact) mass is 244 g/mol. The Morgan fingerprint density at radius 2 is 1.53 bits per heavy atom. The van der Waals surface area contributed by atoms with Crippen molar-refractivity contribution in [1.82, 2.24) is 0 Å². The van der Waals surface area contributed by atoms with Crippen LogP contribution in [-0.2, 0) is 12.8 Å². The van der Waals surface area contributed by atoms with Gasteiger partial charge in [-0.05, 0) is 52.3 Å². The minimum atomic E-state index is 1.23. The minimum absolute atomic E-state index is 1.23. The Bertz CT molecular complexity index is 739. The molecule has 4 rings (SSSR count). The third-order valence-electron chi connectivity index (χ3n) is 4.18. The molecule has 0 aromatic heterocycles. The molecule has 0 nitrogen and oxygen atoms in total. The van der Waals surface area contributed by atoms with Gasteiger partial charge in [0.05, 0.1) is 0 Å². The first-order valence-corrected chi connectivity index (χ1v) is 7.02. The normalized spacial score (nSPS) is 13.7. The lowest BCUT2D eigenvalue weighted by molar-refractivity contribution is 0.912. The second kappa shape index (κ2) is 4.24. The third-order valence-corrected chi connectivity index (χ3v) is 4.18. The highest BCUT2D eigenvalue weighted by Gasteiger charge is 2.18. The molecule has 0 bridgehead atoms. The van der Waals surface area contributed by atoms with Gasteiger partial charge in [-0.25, -0.2) is 0 Å². The van der Waals surface area contributed by atoms with Crippen molar-refractivity contribution in [2.24, 2.45) is 0 Å². The van der Waals surface area contributed by atoms with Gasteiger partial charge in [0.15, 0.2) is 0 Å². The van der Waals surface area contributed by atoms with Gasteiger partial charge in [-0.1, -0.05) is 60.7 Å². The van der Waals surface area contributed by atoms with Gasteiger partial charge in [0.2, 0.25) is 0 Å². The van der Waals surface area contributed by atoms with Crippen LogP contribution in [0.4, 0.5) is 0 Å². The van der Waals surface area contributed by atoms with Crippen LogP contribution in [0.15, 0.2) is 60.7 Å². The van der Waals surface area contributed by atoms with Crippen LogP contribution in [0, 0.1) is 0 Å².